The molecule has 0 aliphatic heterocycles. The lowest BCUT2D eigenvalue weighted by atomic mass is 9.92. The van der Waals surface area contributed by atoms with Crippen LogP contribution in [0.3, 0.4) is 0 Å². The van der Waals surface area contributed by atoms with Gasteiger partial charge in [0.25, 0.3) is 11.2 Å². The summed E-state index contributed by atoms with van der Waals surface area (Å²) in [5.74, 6) is -2.08. The highest BCUT2D eigenvalue weighted by molar-refractivity contribution is 7.25. The molecule has 29 heavy (non-hydrogen) atoms. The molecule has 0 bridgehead atoms. The normalized spacial score (nSPS) is 14.2. The Morgan fingerprint density at radius 1 is 1.17 bits per heavy atom. The van der Waals surface area contributed by atoms with Crippen LogP contribution in [0.1, 0.15) is 52.0 Å². The third-order valence-corrected chi connectivity index (χ3v) is 5.55. The zero-order chi connectivity index (χ0) is 21.9. The summed E-state index contributed by atoms with van der Waals surface area (Å²) >= 11 is 0. The van der Waals surface area contributed by atoms with Gasteiger partial charge in [0, 0.05) is 12.5 Å². The van der Waals surface area contributed by atoms with E-state index in [1.807, 2.05) is 13.8 Å². The summed E-state index contributed by atoms with van der Waals surface area (Å²) in [6, 6.07) is 7.11. The van der Waals surface area contributed by atoms with Crippen LogP contribution < -0.4 is 5.32 Å². The first kappa shape index (κ1) is 22.5. The number of aliphatic hydroxyl groups is 1. The zero-order valence-electron chi connectivity index (χ0n) is 16.7. The maximum absolute atomic E-state index is 12.3. The number of phenolic OH excluding ortho intramolecular Hbond substituents is 1. The minimum Gasteiger partial charge on any atom is -0.507 e. The predicted octanol–water partition coefficient (Wildman–Crippen LogP) is 2.99. The quantitative estimate of drug-likeness (QED) is 0.513. The standard InChI is InChI=1S/C21H24NO6P/c1-11-7-15(21(4,27)29-28)8-12(2)16(11)9-14-5-6-18(23)17(10-14)19(24)22-13(3)20(25)26/h5-8,10,13,23,27H,9H2,1-4H3,(H,22,24)(H,25,26)/p+1. The van der Waals surface area contributed by atoms with Crippen molar-refractivity contribution in [3.63, 3.8) is 0 Å². The minimum atomic E-state index is -1.42. The van der Waals surface area contributed by atoms with Crippen molar-refractivity contribution >= 4 is 20.3 Å². The van der Waals surface area contributed by atoms with Crippen molar-refractivity contribution < 1.29 is 29.5 Å². The number of carbonyl (C=O) groups excluding carboxylic acids is 1. The molecule has 0 fully saturated rings. The van der Waals surface area contributed by atoms with E-state index in [-0.39, 0.29) is 11.3 Å². The second-order valence-electron chi connectivity index (χ2n) is 7.32. The molecule has 2 aromatic carbocycles. The van der Waals surface area contributed by atoms with Crippen molar-refractivity contribution in [2.24, 2.45) is 0 Å². The maximum Gasteiger partial charge on any atom is 0.364 e. The first-order chi connectivity index (χ1) is 13.5. The molecular formula is C21H25NO6P+. The van der Waals surface area contributed by atoms with Gasteiger partial charge < -0.3 is 20.6 Å². The lowest BCUT2D eigenvalue weighted by molar-refractivity contribution is -0.138. The minimum absolute atomic E-state index is 0.00184. The largest absolute Gasteiger partial charge is 0.507 e. The van der Waals surface area contributed by atoms with Gasteiger partial charge in [-0.3, -0.25) is 9.59 Å². The molecule has 1 amide bonds. The van der Waals surface area contributed by atoms with Crippen LogP contribution in [-0.2, 0) is 21.1 Å². The van der Waals surface area contributed by atoms with Gasteiger partial charge >= 0.3 is 14.4 Å². The van der Waals surface area contributed by atoms with Crippen molar-refractivity contribution in [3.8, 4) is 5.75 Å². The Labute approximate surface area is 170 Å². The molecule has 0 spiro atoms. The van der Waals surface area contributed by atoms with Gasteiger partial charge in [-0.05, 0) is 73.7 Å². The number of carboxylic acid groups (broad SMARTS) is 1. The number of hydrogen-bond donors (Lipinski definition) is 4. The van der Waals surface area contributed by atoms with Gasteiger partial charge in [0.05, 0.1) is 5.56 Å². The van der Waals surface area contributed by atoms with Gasteiger partial charge in [-0.15, -0.1) is 0 Å². The SMILES string of the molecule is Cc1cc(C(C)(O)[PH+]=O)cc(C)c1Cc1ccc(O)c(C(=O)NC(C)C(=O)O)c1. The first-order valence-corrected chi connectivity index (χ1v) is 9.95. The Kier molecular flexibility index (Phi) is 6.77. The summed E-state index contributed by atoms with van der Waals surface area (Å²) in [7, 11) is -0.894. The molecule has 2 aromatic rings. The van der Waals surface area contributed by atoms with Gasteiger partial charge in [0.1, 0.15) is 11.8 Å². The van der Waals surface area contributed by atoms with E-state index in [1.165, 1.54) is 26.0 Å². The summed E-state index contributed by atoms with van der Waals surface area (Å²) in [5, 5.41) is 30.1. The van der Waals surface area contributed by atoms with E-state index >= 15 is 0 Å². The molecule has 0 heterocycles. The summed E-state index contributed by atoms with van der Waals surface area (Å²) in [4.78, 5) is 23.3. The van der Waals surface area contributed by atoms with Crippen LogP contribution in [0.15, 0.2) is 30.3 Å². The van der Waals surface area contributed by atoms with Crippen molar-refractivity contribution in [2.45, 2.75) is 45.5 Å². The molecular weight excluding hydrogens is 393 g/mol. The number of aryl methyl sites for hydroxylation is 2. The number of aliphatic carboxylic acids is 1. The number of carboxylic acids is 1. The highest BCUT2D eigenvalue weighted by Gasteiger charge is 2.32. The van der Waals surface area contributed by atoms with E-state index in [9.17, 15) is 24.4 Å². The number of phenols is 1. The van der Waals surface area contributed by atoms with Crippen molar-refractivity contribution in [3.05, 3.63) is 63.7 Å². The van der Waals surface area contributed by atoms with E-state index in [0.29, 0.717) is 12.0 Å². The number of nitrogens with one attached hydrogen (secondary N) is 1. The fraction of sp³-hybridized carbons (Fsp3) is 0.333. The van der Waals surface area contributed by atoms with Gasteiger partial charge in [-0.2, -0.15) is 0 Å². The molecule has 0 aliphatic carbocycles. The van der Waals surface area contributed by atoms with Gasteiger partial charge in [-0.25, -0.2) is 0 Å². The lowest BCUT2D eigenvalue weighted by Gasteiger charge is -2.16. The number of rotatable bonds is 7. The monoisotopic (exact) mass is 418 g/mol. The molecule has 154 valence electrons. The van der Waals surface area contributed by atoms with E-state index in [1.54, 1.807) is 18.2 Å². The molecule has 4 N–H and O–H groups in total. The van der Waals surface area contributed by atoms with Crippen LogP contribution in [0.4, 0.5) is 0 Å². The number of aromatic hydroxyl groups is 1. The van der Waals surface area contributed by atoms with Crippen LogP contribution in [0.25, 0.3) is 0 Å². The highest BCUT2D eigenvalue weighted by atomic mass is 31.1. The molecule has 0 aliphatic rings. The third kappa shape index (κ3) is 5.19. The molecule has 0 saturated carbocycles. The summed E-state index contributed by atoms with van der Waals surface area (Å²) in [6.07, 6.45) is 0.467. The Hall–Kier alpha value is -2.76. The Balaban J connectivity index is 2.35. The zero-order valence-corrected chi connectivity index (χ0v) is 17.7. The molecule has 0 radical (unpaired) electrons. The van der Waals surface area contributed by atoms with Gasteiger partial charge in [0.15, 0.2) is 0 Å². The predicted molar refractivity (Wildman–Crippen MR) is 110 cm³/mol. The average molecular weight is 418 g/mol. The smallest absolute Gasteiger partial charge is 0.364 e. The van der Waals surface area contributed by atoms with E-state index < -0.39 is 31.7 Å². The number of benzene rings is 2. The van der Waals surface area contributed by atoms with Crippen molar-refractivity contribution in [1.82, 2.24) is 5.32 Å². The van der Waals surface area contributed by atoms with E-state index in [0.717, 1.165) is 22.3 Å². The molecule has 3 atom stereocenters. The lowest BCUT2D eigenvalue weighted by Crippen LogP contribution is -2.38. The fourth-order valence-corrected chi connectivity index (χ4v) is 3.29. The Morgan fingerprint density at radius 3 is 2.28 bits per heavy atom. The van der Waals surface area contributed by atoms with E-state index in [2.05, 4.69) is 5.32 Å². The van der Waals surface area contributed by atoms with Crippen LogP contribution in [0, 0.1) is 13.8 Å². The highest BCUT2D eigenvalue weighted by Crippen LogP contribution is 2.34. The second kappa shape index (κ2) is 8.72. The van der Waals surface area contributed by atoms with Crippen LogP contribution in [0.5, 0.6) is 5.75 Å². The topological polar surface area (TPSA) is 124 Å². The fourth-order valence-electron chi connectivity index (χ4n) is 3.03. The maximum atomic E-state index is 12.3. The number of hydrogen-bond acceptors (Lipinski definition) is 5. The summed E-state index contributed by atoms with van der Waals surface area (Å²) in [6.45, 7) is 6.61. The van der Waals surface area contributed by atoms with Gasteiger partial charge in [-0.1, -0.05) is 10.6 Å². The molecule has 7 nitrogen and oxygen atoms in total. The number of carbonyl (C=O) groups is 2. The first-order valence-electron chi connectivity index (χ1n) is 9.04. The molecule has 2 rings (SSSR count). The average Bonchev–Trinajstić information content (AvgIpc) is 2.65. The third-order valence-electron chi connectivity index (χ3n) is 4.86. The molecule has 8 heteroatoms. The van der Waals surface area contributed by atoms with Crippen molar-refractivity contribution in [1.29, 1.82) is 0 Å². The van der Waals surface area contributed by atoms with Crippen LogP contribution in [-0.4, -0.2) is 33.2 Å². The molecule has 0 aromatic heterocycles. The molecule has 3 unspecified atom stereocenters. The molecule has 0 saturated heterocycles. The summed E-state index contributed by atoms with van der Waals surface area (Å²) < 4.78 is 11.3. The van der Waals surface area contributed by atoms with E-state index in [4.69, 9.17) is 5.11 Å². The summed E-state index contributed by atoms with van der Waals surface area (Å²) in [5.41, 5.74) is 4.10. The second-order valence-corrected chi connectivity index (χ2v) is 8.50. The van der Waals surface area contributed by atoms with Crippen LogP contribution >= 0.6 is 8.46 Å². The number of amides is 1. The Bertz CT molecular complexity index is 947. The Morgan fingerprint density at radius 2 is 1.76 bits per heavy atom. The van der Waals surface area contributed by atoms with Gasteiger partial charge in [0.2, 0.25) is 0 Å². The van der Waals surface area contributed by atoms with Crippen molar-refractivity contribution in [2.75, 3.05) is 0 Å². The van der Waals surface area contributed by atoms with Crippen LogP contribution in [0.2, 0.25) is 0 Å².